The van der Waals surface area contributed by atoms with Gasteiger partial charge in [0.2, 0.25) is 0 Å². The molecule has 2 fully saturated rings. The molecule has 0 radical (unpaired) electrons. The molecule has 1 aromatic rings. The summed E-state index contributed by atoms with van der Waals surface area (Å²) in [5, 5.41) is 0. The molecule has 10 nitrogen and oxygen atoms in total. The van der Waals surface area contributed by atoms with Crippen LogP contribution in [0.2, 0.25) is 0 Å². The standard InChI is InChI=1S/C37H52N2O8/c1-6-10-30(21-26(2)17-20-45-25-40)32(41)15-13-28(4)33(16-14-29-11-9-18-38-23-29)47-36(44)31-12-7-8-19-39(31)35(43)34(42)37(5)22-27(3)24-46-37/h6,9,11,18,21,23,25,27-28,30-31,33H,1,7-8,10,12-17,19-20,22,24H2,2-5H3/b26-21+/t27-,28-,30?,31+,33?,37-/m1/s1. The highest BCUT2D eigenvalue weighted by molar-refractivity contribution is 6.39. The molecule has 2 aliphatic heterocycles. The van der Waals surface area contributed by atoms with Crippen molar-refractivity contribution in [2.45, 2.75) is 110 Å². The molecule has 2 unspecified atom stereocenters. The molecular formula is C37H52N2O8. The first kappa shape index (κ1) is 37.8. The summed E-state index contributed by atoms with van der Waals surface area (Å²) in [6, 6.07) is 2.97. The van der Waals surface area contributed by atoms with Crippen molar-refractivity contribution in [1.82, 2.24) is 9.88 Å². The summed E-state index contributed by atoms with van der Waals surface area (Å²) in [5.41, 5.74) is 0.772. The molecule has 0 N–H and O–H groups in total. The van der Waals surface area contributed by atoms with E-state index >= 15 is 0 Å². The van der Waals surface area contributed by atoms with Crippen LogP contribution in [0.1, 0.15) is 91.0 Å². The summed E-state index contributed by atoms with van der Waals surface area (Å²) in [6.07, 6.45) is 11.9. The van der Waals surface area contributed by atoms with Crippen LogP contribution in [-0.4, -0.2) is 77.3 Å². The number of nitrogens with zero attached hydrogens (tertiary/aromatic N) is 2. The minimum absolute atomic E-state index is 0.0595. The van der Waals surface area contributed by atoms with Crippen LogP contribution < -0.4 is 0 Å². The molecule has 6 atom stereocenters. The predicted octanol–water partition coefficient (Wildman–Crippen LogP) is 5.38. The Kier molecular flexibility index (Phi) is 15.0. The molecule has 47 heavy (non-hydrogen) atoms. The molecule has 1 aromatic heterocycles. The smallest absolute Gasteiger partial charge is 0.329 e. The number of hydrogen-bond donors (Lipinski definition) is 0. The van der Waals surface area contributed by atoms with Gasteiger partial charge in [-0.2, -0.15) is 0 Å². The van der Waals surface area contributed by atoms with Crippen LogP contribution in [-0.2, 0) is 44.6 Å². The number of allylic oxidation sites excluding steroid dienone is 2. The molecule has 258 valence electrons. The zero-order chi connectivity index (χ0) is 34.4. The number of likely N-dealkylation sites (tertiary alicyclic amines) is 1. The fraction of sp³-hybridized carbons (Fsp3) is 0.622. The van der Waals surface area contributed by atoms with E-state index in [0.29, 0.717) is 71.0 Å². The topological polar surface area (TPSA) is 129 Å². The van der Waals surface area contributed by atoms with E-state index in [0.717, 1.165) is 17.6 Å². The number of Topliss-reactive ketones (excluding diaryl/α,β-unsaturated/α-hetero) is 2. The molecule has 3 heterocycles. The summed E-state index contributed by atoms with van der Waals surface area (Å²) in [4.78, 5) is 70.0. The summed E-state index contributed by atoms with van der Waals surface area (Å²) >= 11 is 0. The maximum Gasteiger partial charge on any atom is 0.329 e. The van der Waals surface area contributed by atoms with E-state index < -0.39 is 35.4 Å². The number of amides is 1. The summed E-state index contributed by atoms with van der Waals surface area (Å²) < 4.78 is 16.7. The Balaban J connectivity index is 1.72. The number of aromatic nitrogens is 1. The van der Waals surface area contributed by atoms with Gasteiger partial charge in [-0.3, -0.25) is 24.2 Å². The SMILES string of the molecule is C=CCC(/C=C(\C)CCOC=O)C(=O)CC[C@@H](C)C(CCc1cccnc1)OC(=O)[C@@H]1CCCCN1C(=O)C(=O)[C@@]1(C)C[C@@H](C)CO1. The molecule has 0 saturated carbocycles. The third-order valence-corrected chi connectivity index (χ3v) is 9.33. The van der Waals surface area contributed by atoms with Gasteiger partial charge in [0.25, 0.3) is 18.2 Å². The van der Waals surface area contributed by atoms with Crippen LogP contribution in [0.3, 0.4) is 0 Å². The summed E-state index contributed by atoms with van der Waals surface area (Å²) in [6.45, 7) is 12.7. The fourth-order valence-electron chi connectivity index (χ4n) is 6.49. The van der Waals surface area contributed by atoms with Crippen LogP contribution in [0.15, 0.2) is 48.8 Å². The number of ketones is 2. The normalized spacial score (nSPS) is 23.3. The lowest BCUT2D eigenvalue weighted by Gasteiger charge is -2.36. The van der Waals surface area contributed by atoms with E-state index in [2.05, 4.69) is 11.6 Å². The number of ether oxygens (including phenoxy) is 3. The molecule has 3 rings (SSSR count). The predicted molar refractivity (Wildman–Crippen MR) is 177 cm³/mol. The van der Waals surface area contributed by atoms with Gasteiger partial charge >= 0.3 is 5.97 Å². The van der Waals surface area contributed by atoms with Gasteiger partial charge in [0.1, 0.15) is 23.5 Å². The van der Waals surface area contributed by atoms with Crippen molar-refractivity contribution >= 4 is 29.9 Å². The third kappa shape index (κ3) is 11.2. The Labute approximate surface area is 279 Å². The second-order valence-electron chi connectivity index (χ2n) is 13.4. The van der Waals surface area contributed by atoms with Crippen molar-refractivity contribution in [2.24, 2.45) is 17.8 Å². The maximum atomic E-state index is 13.8. The summed E-state index contributed by atoms with van der Waals surface area (Å²) in [5.74, 6) is -2.10. The highest BCUT2D eigenvalue weighted by Crippen LogP contribution is 2.32. The van der Waals surface area contributed by atoms with Crippen molar-refractivity contribution in [1.29, 1.82) is 0 Å². The van der Waals surface area contributed by atoms with Crippen LogP contribution in [0.4, 0.5) is 0 Å². The number of carbonyl (C=O) groups is 5. The number of piperidine rings is 1. The van der Waals surface area contributed by atoms with Gasteiger partial charge in [-0.1, -0.05) is 37.6 Å². The van der Waals surface area contributed by atoms with Crippen LogP contribution in [0, 0.1) is 17.8 Å². The summed E-state index contributed by atoms with van der Waals surface area (Å²) in [7, 11) is 0. The van der Waals surface area contributed by atoms with E-state index in [1.807, 2.05) is 39.0 Å². The fourth-order valence-corrected chi connectivity index (χ4v) is 6.49. The molecule has 2 saturated heterocycles. The lowest BCUT2D eigenvalue weighted by atomic mass is 9.88. The zero-order valence-corrected chi connectivity index (χ0v) is 28.5. The van der Waals surface area contributed by atoms with Gasteiger partial charge < -0.3 is 19.1 Å². The van der Waals surface area contributed by atoms with Gasteiger partial charge in [-0.25, -0.2) is 4.79 Å². The Morgan fingerprint density at radius 3 is 2.66 bits per heavy atom. The van der Waals surface area contributed by atoms with Gasteiger partial charge in [0.05, 0.1) is 13.2 Å². The number of carbonyl (C=O) groups excluding carboxylic acids is 5. The molecule has 2 aliphatic rings. The lowest BCUT2D eigenvalue weighted by molar-refractivity contribution is -0.167. The van der Waals surface area contributed by atoms with Gasteiger partial charge in [-0.15, -0.1) is 6.58 Å². The van der Waals surface area contributed by atoms with Gasteiger partial charge in [0.15, 0.2) is 0 Å². The molecule has 1 amide bonds. The van der Waals surface area contributed by atoms with Crippen molar-refractivity contribution in [3.63, 3.8) is 0 Å². The van der Waals surface area contributed by atoms with Crippen LogP contribution in [0.25, 0.3) is 0 Å². The zero-order valence-electron chi connectivity index (χ0n) is 28.5. The van der Waals surface area contributed by atoms with E-state index in [1.165, 1.54) is 4.90 Å². The van der Waals surface area contributed by atoms with Crippen molar-refractivity contribution in [3.05, 3.63) is 54.4 Å². The molecule has 0 aromatic carbocycles. The number of hydrogen-bond acceptors (Lipinski definition) is 9. The quantitative estimate of drug-likeness (QED) is 0.0636. The van der Waals surface area contributed by atoms with Crippen molar-refractivity contribution in [2.75, 3.05) is 19.8 Å². The molecule has 0 bridgehead atoms. The Bertz CT molecular complexity index is 1260. The molecule has 0 spiro atoms. The number of rotatable bonds is 19. The van der Waals surface area contributed by atoms with Crippen LogP contribution in [0.5, 0.6) is 0 Å². The average Bonchev–Trinajstić information content (AvgIpc) is 3.43. The largest absolute Gasteiger partial charge is 0.468 e. The Morgan fingerprint density at radius 1 is 1.21 bits per heavy atom. The molecule has 10 heteroatoms. The molecular weight excluding hydrogens is 600 g/mol. The number of aryl methyl sites for hydroxylation is 1. The first-order chi connectivity index (χ1) is 22.5. The Hall–Kier alpha value is -3.66. The highest BCUT2D eigenvalue weighted by atomic mass is 16.5. The van der Waals surface area contributed by atoms with Gasteiger partial charge in [-0.05, 0) is 88.7 Å². The first-order valence-corrected chi connectivity index (χ1v) is 16.9. The second kappa shape index (κ2) is 18.6. The Morgan fingerprint density at radius 2 is 2.00 bits per heavy atom. The second-order valence-corrected chi connectivity index (χ2v) is 13.4. The monoisotopic (exact) mass is 652 g/mol. The van der Waals surface area contributed by atoms with Crippen LogP contribution >= 0.6 is 0 Å². The average molecular weight is 653 g/mol. The number of esters is 1. The molecule has 0 aliphatic carbocycles. The minimum atomic E-state index is -1.18. The van der Waals surface area contributed by atoms with E-state index in [9.17, 15) is 24.0 Å². The van der Waals surface area contributed by atoms with E-state index in [1.54, 1.807) is 25.4 Å². The van der Waals surface area contributed by atoms with Crippen molar-refractivity contribution in [3.8, 4) is 0 Å². The number of pyridine rings is 1. The van der Waals surface area contributed by atoms with E-state index in [-0.39, 0.29) is 36.6 Å². The van der Waals surface area contributed by atoms with E-state index in [4.69, 9.17) is 14.2 Å². The minimum Gasteiger partial charge on any atom is -0.468 e. The van der Waals surface area contributed by atoms with Gasteiger partial charge in [0, 0.05) is 37.7 Å². The lowest BCUT2D eigenvalue weighted by Crippen LogP contribution is -2.55. The highest BCUT2D eigenvalue weighted by Gasteiger charge is 2.48. The van der Waals surface area contributed by atoms with Crippen molar-refractivity contribution < 1.29 is 38.2 Å². The first-order valence-electron chi connectivity index (χ1n) is 16.9. The maximum absolute atomic E-state index is 13.8. The third-order valence-electron chi connectivity index (χ3n) is 9.33.